The molecule has 0 heterocycles. The van der Waals surface area contributed by atoms with Crippen molar-refractivity contribution in [2.24, 2.45) is 0 Å². The number of benzene rings is 2. The van der Waals surface area contributed by atoms with Gasteiger partial charge in [-0.3, -0.25) is 13.9 Å². The zero-order valence-electron chi connectivity index (χ0n) is 21.5. The number of rotatable bonds is 10. The molecule has 202 valence electrons. The lowest BCUT2D eigenvalue weighted by molar-refractivity contribution is -0.140. The van der Waals surface area contributed by atoms with Gasteiger partial charge in [0, 0.05) is 12.6 Å². The second-order valence-corrected chi connectivity index (χ2v) is 12.4. The van der Waals surface area contributed by atoms with E-state index in [1.54, 1.807) is 36.4 Å². The van der Waals surface area contributed by atoms with Gasteiger partial charge in [0.2, 0.25) is 21.8 Å². The first-order chi connectivity index (χ1) is 17.5. The third kappa shape index (κ3) is 8.09. The highest BCUT2D eigenvalue weighted by Crippen LogP contribution is 2.25. The Morgan fingerprint density at radius 1 is 1.05 bits per heavy atom. The summed E-state index contributed by atoms with van der Waals surface area (Å²) in [6, 6.07) is 11.3. The highest BCUT2D eigenvalue weighted by atomic mass is 35.5. The molecule has 2 amide bonds. The van der Waals surface area contributed by atoms with Crippen LogP contribution in [0.15, 0.2) is 42.5 Å². The highest BCUT2D eigenvalue weighted by Gasteiger charge is 2.33. The van der Waals surface area contributed by atoms with Gasteiger partial charge in [-0.15, -0.1) is 0 Å². The number of hydrogen-bond acceptors (Lipinski definition) is 4. The van der Waals surface area contributed by atoms with Crippen molar-refractivity contribution >= 4 is 50.7 Å². The minimum atomic E-state index is -3.78. The molecule has 0 aliphatic heterocycles. The van der Waals surface area contributed by atoms with Crippen LogP contribution in [0, 0.1) is 6.92 Å². The quantitative estimate of drug-likeness (QED) is 0.420. The molecule has 1 saturated carbocycles. The second kappa shape index (κ2) is 13.0. The predicted molar refractivity (Wildman–Crippen MR) is 149 cm³/mol. The maximum Gasteiger partial charge on any atom is 0.244 e. The summed E-state index contributed by atoms with van der Waals surface area (Å²) in [4.78, 5) is 28.7. The van der Waals surface area contributed by atoms with Crippen molar-refractivity contribution in [3.63, 3.8) is 0 Å². The van der Waals surface area contributed by atoms with Gasteiger partial charge in [0.15, 0.2) is 0 Å². The summed E-state index contributed by atoms with van der Waals surface area (Å²) in [6.45, 7) is 3.34. The summed E-state index contributed by atoms with van der Waals surface area (Å²) < 4.78 is 26.5. The summed E-state index contributed by atoms with van der Waals surface area (Å²) in [5.74, 6) is -0.715. The summed E-state index contributed by atoms with van der Waals surface area (Å²) >= 11 is 12.3. The Morgan fingerprint density at radius 3 is 2.35 bits per heavy atom. The maximum absolute atomic E-state index is 13.8. The fraction of sp³-hybridized carbons (Fsp3) is 0.481. The Bertz CT molecular complexity index is 1220. The average Bonchev–Trinajstić information content (AvgIpc) is 2.84. The third-order valence-electron chi connectivity index (χ3n) is 6.64. The predicted octanol–water partition coefficient (Wildman–Crippen LogP) is 5.32. The van der Waals surface area contributed by atoms with Crippen molar-refractivity contribution in [2.75, 3.05) is 17.1 Å². The van der Waals surface area contributed by atoms with E-state index in [1.165, 1.54) is 4.90 Å². The molecule has 1 aliphatic rings. The monoisotopic (exact) mass is 567 g/mol. The topological polar surface area (TPSA) is 86.8 Å². The van der Waals surface area contributed by atoms with Gasteiger partial charge in [0.1, 0.15) is 12.6 Å². The first-order valence-corrected chi connectivity index (χ1v) is 15.2. The Kier molecular flexibility index (Phi) is 10.3. The Labute approximate surface area is 230 Å². The minimum absolute atomic E-state index is 0.0806. The van der Waals surface area contributed by atoms with Crippen LogP contribution in [0.2, 0.25) is 10.0 Å². The fourth-order valence-electron chi connectivity index (χ4n) is 4.70. The van der Waals surface area contributed by atoms with E-state index >= 15 is 0 Å². The molecule has 0 spiro atoms. The largest absolute Gasteiger partial charge is 0.352 e. The number of amides is 2. The molecular weight excluding hydrogens is 533 g/mol. The molecule has 0 bridgehead atoms. The Morgan fingerprint density at radius 2 is 1.76 bits per heavy atom. The van der Waals surface area contributed by atoms with Crippen molar-refractivity contribution in [1.29, 1.82) is 0 Å². The standard InChI is InChI=1S/C27H35Cl2N3O4S/c1-4-25(27(34)30-21-10-6-5-7-11-21)31(17-20-13-14-23(28)24(29)16-20)26(33)18-32(37(3,35)36)22-12-8-9-19(2)15-22/h8-9,12-16,21,25H,4-7,10-11,17-18H2,1-3H3,(H,30,34)/t25-/m0/s1. The third-order valence-corrected chi connectivity index (χ3v) is 8.52. The SMILES string of the molecule is CC[C@@H](C(=O)NC1CCCCC1)N(Cc1ccc(Cl)c(Cl)c1)C(=O)CN(c1cccc(C)c1)S(C)(=O)=O. The van der Waals surface area contributed by atoms with Crippen molar-refractivity contribution < 1.29 is 18.0 Å². The summed E-state index contributed by atoms with van der Waals surface area (Å²) in [5, 5.41) is 3.84. The van der Waals surface area contributed by atoms with Crippen LogP contribution in [0.5, 0.6) is 0 Å². The molecule has 0 aromatic heterocycles. The molecule has 1 fully saturated rings. The van der Waals surface area contributed by atoms with E-state index in [-0.39, 0.29) is 18.5 Å². The maximum atomic E-state index is 13.8. The van der Waals surface area contributed by atoms with E-state index < -0.39 is 28.5 Å². The zero-order chi connectivity index (χ0) is 27.2. The van der Waals surface area contributed by atoms with Crippen molar-refractivity contribution in [1.82, 2.24) is 10.2 Å². The van der Waals surface area contributed by atoms with E-state index in [0.717, 1.165) is 48.2 Å². The zero-order valence-corrected chi connectivity index (χ0v) is 23.9. The number of anilines is 1. The molecule has 3 rings (SSSR count). The number of nitrogens with one attached hydrogen (secondary N) is 1. The number of halogens is 2. The van der Waals surface area contributed by atoms with Gasteiger partial charge in [-0.25, -0.2) is 8.42 Å². The first kappa shape index (κ1) is 29.3. The number of hydrogen-bond donors (Lipinski definition) is 1. The lowest BCUT2D eigenvalue weighted by atomic mass is 9.95. The van der Waals surface area contributed by atoms with Crippen LogP contribution in [0.1, 0.15) is 56.6 Å². The molecule has 1 N–H and O–H groups in total. The summed E-state index contributed by atoms with van der Waals surface area (Å²) in [5.41, 5.74) is 1.95. The normalized spacial score (nSPS) is 15.2. The van der Waals surface area contributed by atoms with Crippen LogP contribution in [0.3, 0.4) is 0 Å². The fourth-order valence-corrected chi connectivity index (χ4v) is 5.86. The van der Waals surface area contributed by atoms with Gasteiger partial charge in [0.25, 0.3) is 0 Å². The average molecular weight is 569 g/mol. The highest BCUT2D eigenvalue weighted by molar-refractivity contribution is 7.92. The smallest absolute Gasteiger partial charge is 0.244 e. The van der Waals surface area contributed by atoms with Crippen LogP contribution in [0.25, 0.3) is 0 Å². The molecule has 0 unspecified atom stereocenters. The van der Waals surface area contributed by atoms with Crippen molar-refractivity contribution in [2.45, 2.75) is 71.0 Å². The molecule has 37 heavy (non-hydrogen) atoms. The molecule has 7 nitrogen and oxygen atoms in total. The van der Waals surface area contributed by atoms with Crippen molar-refractivity contribution in [3.05, 3.63) is 63.6 Å². The van der Waals surface area contributed by atoms with Gasteiger partial charge in [0.05, 0.1) is 22.0 Å². The van der Waals surface area contributed by atoms with Crippen LogP contribution < -0.4 is 9.62 Å². The number of nitrogens with zero attached hydrogens (tertiary/aromatic N) is 2. The van der Waals surface area contributed by atoms with Gasteiger partial charge >= 0.3 is 0 Å². The van der Waals surface area contributed by atoms with E-state index in [9.17, 15) is 18.0 Å². The Balaban J connectivity index is 1.93. The van der Waals surface area contributed by atoms with Crippen LogP contribution in [0.4, 0.5) is 5.69 Å². The second-order valence-electron chi connectivity index (χ2n) is 9.65. The number of aryl methyl sites for hydroxylation is 1. The molecule has 0 saturated heterocycles. The van der Waals surface area contributed by atoms with Gasteiger partial charge < -0.3 is 10.2 Å². The molecule has 1 aliphatic carbocycles. The summed E-state index contributed by atoms with van der Waals surface area (Å²) in [7, 11) is -3.78. The first-order valence-electron chi connectivity index (χ1n) is 12.6. The van der Waals surface area contributed by atoms with E-state index in [2.05, 4.69) is 5.32 Å². The van der Waals surface area contributed by atoms with Gasteiger partial charge in [-0.1, -0.05) is 67.6 Å². The molecule has 2 aromatic carbocycles. The molecular formula is C27H35Cl2N3O4S. The van der Waals surface area contributed by atoms with Gasteiger partial charge in [-0.2, -0.15) is 0 Å². The summed E-state index contributed by atoms with van der Waals surface area (Å²) in [6.07, 6.45) is 6.55. The minimum Gasteiger partial charge on any atom is -0.352 e. The van der Waals surface area contributed by atoms with Crippen LogP contribution in [-0.4, -0.2) is 50.0 Å². The van der Waals surface area contributed by atoms with E-state index in [4.69, 9.17) is 23.2 Å². The number of sulfonamides is 1. The van der Waals surface area contributed by atoms with Crippen LogP contribution in [-0.2, 0) is 26.2 Å². The van der Waals surface area contributed by atoms with E-state index in [1.807, 2.05) is 19.9 Å². The molecule has 1 atom stereocenters. The van der Waals surface area contributed by atoms with Crippen molar-refractivity contribution in [3.8, 4) is 0 Å². The lowest BCUT2D eigenvalue weighted by Crippen LogP contribution is -2.53. The van der Waals surface area contributed by atoms with Gasteiger partial charge in [-0.05, 0) is 61.6 Å². The number of carbonyl (C=O) groups excluding carboxylic acids is 2. The molecule has 10 heteroatoms. The molecule has 0 radical (unpaired) electrons. The lowest BCUT2D eigenvalue weighted by Gasteiger charge is -2.34. The van der Waals surface area contributed by atoms with Crippen LogP contribution >= 0.6 is 23.2 Å². The van der Waals surface area contributed by atoms with E-state index in [0.29, 0.717) is 27.7 Å². The molecule has 2 aromatic rings. The Hall–Kier alpha value is -2.29. The number of carbonyl (C=O) groups is 2.